The molecule has 1 aromatic carbocycles. The normalized spacial score (nSPS) is 13.8. The highest BCUT2D eigenvalue weighted by Crippen LogP contribution is 2.35. The average molecular weight is 292 g/mol. The second-order valence-electron chi connectivity index (χ2n) is 4.31. The predicted molar refractivity (Wildman–Crippen MR) is 74.3 cm³/mol. The summed E-state index contributed by atoms with van der Waals surface area (Å²) in [4.78, 5) is 1.88. The molecule has 19 heavy (non-hydrogen) atoms. The molecule has 0 aromatic heterocycles. The van der Waals surface area contributed by atoms with Gasteiger partial charge in [0, 0.05) is 24.9 Å². The molecule has 0 saturated heterocycles. The zero-order valence-electron chi connectivity index (χ0n) is 11.1. The minimum Gasteiger partial charge on any atom is -0.329 e. The quantitative estimate of drug-likeness (QED) is 0.874. The molecule has 0 bridgehead atoms. The fourth-order valence-electron chi connectivity index (χ4n) is 1.98. The van der Waals surface area contributed by atoms with E-state index >= 15 is 0 Å². The molecule has 0 aliphatic heterocycles. The molecule has 1 aromatic rings. The highest BCUT2D eigenvalue weighted by atomic mass is 32.2. The number of nitrogens with zero attached hydrogens (tertiary/aromatic N) is 1. The van der Waals surface area contributed by atoms with Gasteiger partial charge in [-0.2, -0.15) is 24.9 Å². The van der Waals surface area contributed by atoms with Crippen LogP contribution in [0.3, 0.4) is 0 Å². The average Bonchev–Trinajstić information content (AvgIpc) is 2.36. The van der Waals surface area contributed by atoms with E-state index in [1.54, 1.807) is 24.9 Å². The van der Waals surface area contributed by atoms with Crippen molar-refractivity contribution in [2.45, 2.75) is 12.2 Å². The standard InChI is InChI=1S/C13H19F3N2S/c1-18(7-8-19-2)12(9-17)10-5-3-4-6-11(10)13(14,15)16/h3-6,12H,7-9,17H2,1-2H3. The van der Waals surface area contributed by atoms with Crippen LogP contribution in [0.25, 0.3) is 0 Å². The summed E-state index contributed by atoms with van der Waals surface area (Å²) in [7, 11) is 1.81. The lowest BCUT2D eigenvalue weighted by Gasteiger charge is -2.29. The molecule has 0 aliphatic rings. The number of rotatable bonds is 6. The molecule has 0 aliphatic carbocycles. The Labute approximate surface area is 116 Å². The lowest BCUT2D eigenvalue weighted by Crippen LogP contribution is -2.33. The third-order valence-electron chi connectivity index (χ3n) is 3.03. The third kappa shape index (κ3) is 4.40. The zero-order valence-corrected chi connectivity index (χ0v) is 11.9. The molecule has 108 valence electrons. The zero-order chi connectivity index (χ0) is 14.5. The van der Waals surface area contributed by atoms with Gasteiger partial charge in [0.2, 0.25) is 0 Å². The highest BCUT2D eigenvalue weighted by molar-refractivity contribution is 7.98. The highest BCUT2D eigenvalue weighted by Gasteiger charge is 2.35. The monoisotopic (exact) mass is 292 g/mol. The SMILES string of the molecule is CSCCN(C)C(CN)c1ccccc1C(F)(F)F. The Hall–Kier alpha value is -0.720. The van der Waals surface area contributed by atoms with E-state index < -0.39 is 17.8 Å². The number of thioether (sulfide) groups is 1. The van der Waals surface area contributed by atoms with Crippen LogP contribution in [-0.4, -0.2) is 37.0 Å². The van der Waals surface area contributed by atoms with Gasteiger partial charge in [0.25, 0.3) is 0 Å². The minimum absolute atomic E-state index is 0.165. The van der Waals surface area contributed by atoms with Crippen molar-refractivity contribution in [1.82, 2.24) is 4.90 Å². The van der Waals surface area contributed by atoms with Gasteiger partial charge in [-0.25, -0.2) is 0 Å². The maximum atomic E-state index is 13.0. The van der Waals surface area contributed by atoms with Crippen LogP contribution in [0.2, 0.25) is 0 Å². The van der Waals surface area contributed by atoms with Crippen molar-refractivity contribution >= 4 is 11.8 Å². The first-order valence-corrected chi connectivity index (χ1v) is 7.36. The summed E-state index contributed by atoms with van der Waals surface area (Å²) in [5.74, 6) is 0.862. The van der Waals surface area contributed by atoms with Crippen LogP contribution in [0.5, 0.6) is 0 Å². The van der Waals surface area contributed by atoms with Crippen LogP contribution in [0.4, 0.5) is 13.2 Å². The summed E-state index contributed by atoms with van der Waals surface area (Å²) < 4.78 is 39.0. The molecule has 1 unspecified atom stereocenters. The maximum absolute atomic E-state index is 13.0. The molecular formula is C13H19F3N2S. The molecule has 2 N–H and O–H groups in total. The second kappa shape index (κ2) is 7.17. The molecule has 0 spiro atoms. The van der Waals surface area contributed by atoms with Crippen molar-refractivity contribution in [2.75, 3.05) is 32.1 Å². The number of alkyl halides is 3. The summed E-state index contributed by atoms with van der Waals surface area (Å²) >= 11 is 1.66. The Bertz CT molecular complexity index is 396. The number of halogens is 3. The van der Waals surface area contributed by atoms with Crippen LogP contribution in [0.1, 0.15) is 17.2 Å². The Balaban J connectivity index is 3.05. The number of hydrogen-bond acceptors (Lipinski definition) is 3. The van der Waals surface area contributed by atoms with E-state index in [-0.39, 0.29) is 12.1 Å². The molecule has 6 heteroatoms. The topological polar surface area (TPSA) is 29.3 Å². The van der Waals surface area contributed by atoms with E-state index in [0.717, 1.165) is 11.8 Å². The molecule has 2 nitrogen and oxygen atoms in total. The summed E-state index contributed by atoms with van der Waals surface area (Å²) in [6.07, 6.45) is -2.38. The first-order chi connectivity index (χ1) is 8.91. The van der Waals surface area contributed by atoms with Crippen molar-refractivity contribution in [3.05, 3.63) is 35.4 Å². The molecule has 1 atom stereocenters. The van der Waals surface area contributed by atoms with Crippen molar-refractivity contribution in [3.8, 4) is 0 Å². The Kier molecular flexibility index (Phi) is 6.16. The van der Waals surface area contributed by atoms with Crippen LogP contribution in [0, 0.1) is 0 Å². The van der Waals surface area contributed by atoms with Gasteiger partial charge in [-0.15, -0.1) is 0 Å². The van der Waals surface area contributed by atoms with Crippen LogP contribution < -0.4 is 5.73 Å². The van der Waals surface area contributed by atoms with Crippen LogP contribution >= 0.6 is 11.8 Å². The third-order valence-corrected chi connectivity index (χ3v) is 3.62. The van der Waals surface area contributed by atoms with Gasteiger partial charge in [0.15, 0.2) is 0 Å². The number of likely N-dealkylation sites (N-methyl/N-ethyl adjacent to an activating group) is 1. The predicted octanol–water partition coefficient (Wildman–Crippen LogP) is 3.00. The van der Waals surface area contributed by atoms with Crippen molar-refractivity contribution in [3.63, 3.8) is 0 Å². The van der Waals surface area contributed by atoms with E-state index in [4.69, 9.17) is 5.73 Å². The molecule has 0 saturated carbocycles. The van der Waals surface area contributed by atoms with Gasteiger partial charge in [0.05, 0.1) is 5.56 Å². The number of hydrogen-bond donors (Lipinski definition) is 1. The summed E-state index contributed by atoms with van der Waals surface area (Å²) in [6, 6.07) is 5.23. The first kappa shape index (κ1) is 16.3. The first-order valence-electron chi connectivity index (χ1n) is 5.97. The molecule has 0 fully saturated rings. The fraction of sp³-hybridized carbons (Fsp3) is 0.538. The van der Waals surface area contributed by atoms with Crippen molar-refractivity contribution < 1.29 is 13.2 Å². The summed E-state index contributed by atoms with van der Waals surface area (Å²) in [5.41, 5.74) is 5.33. The molecular weight excluding hydrogens is 273 g/mol. The second-order valence-corrected chi connectivity index (χ2v) is 5.30. The summed E-state index contributed by atoms with van der Waals surface area (Å²) in [6.45, 7) is 0.868. The van der Waals surface area contributed by atoms with Gasteiger partial charge < -0.3 is 5.73 Å². The van der Waals surface area contributed by atoms with Crippen molar-refractivity contribution in [2.24, 2.45) is 5.73 Å². The van der Waals surface area contributed by atoms with Crippen LogP contribution in [-0.2, 0) is 6.18 Å². The lowest BCUT2D eigenvalue weighted by molar-refractivity contribution is -0.138. The lowest BCUT2D eigenvalue weighted by atomic mass is 9.99. The van der Waals surface area contributed by atoms with Gasteiger partial charge in [-0.05, 0) is 24.9 Å². The van der Waals surface area contributed by atoms with E-state index in [1.165, 1.54) is 12.1 Å². The Morgan fingerprint density at radius 1 is 1.32 bits per heavy atom. The smallest absolute Gasteiger partial charge is 0.329 e. The Morgan fingerprint density at radius 2 is 1.95 bits per heavy atom. The van der Waals surface area contributed by atoms with Gasteiger partial charge in [-0.1, -0.05) is 18.2 Å². The number of nitrogens with two attached hydrogens (primary N) is 1. The maximum Gasteiger partial charge on any atom is 0.416 e. The van der Waals surface area contributed by atoms with Gasteiger partial charge in [0.1, 0.15) is 0 Å². The summed E-state index contributed by atoms with van der Waals surface area (Å²) in [5, 5.41) is 0. The molecule has 0 amide bonds. The molecule has 0 radical (unpaired) electrons. The van der Waals surface area contributed by atoms with Crippen LogP contribution in [0.15, 0.2) is 24.3 Å². The van der Waals surface area contributed by atoms with E-state index in [9.17, 15) is 13.2 Å². The van der Waals surface area contributed by atoms with E-state index in [1.807, 2.05) is 11.2 Å². The molecule has 1 rings (SSSR count). The number of benzene rings is 1. The molecule has 0 heterocycles. The van der Waals surface area contributed by atoms with E-state index in [0.29, 0.717) is 6.54 Å². The largest absolute Gasteiger partial charge is 0.416 e. The van der Waals surface area contributed by atoms with Crippen molar-refractivity contribution in [1.29, 1.82) is 0 Å². The van der Waals surface area contributed by atoms with Gasteiger partial charge in [-0.3, -0.25) is 4.90 Å². The Morgan fingerprint density at radius 3 is 2.47 bits per heavy atom. The van der Waals surface area contributed by atoms with E-state index in [2.05, 4.69) is 0 Å². The van der Waals surface area contributed by atoms with Gasteiger partial charge >= 0.3 is 6.18 Å². The minimum atomic E-state index is -4.34. The fourth-order valence-corrected chi connectivity index (χ4v) is 2.45.